The number of benzene rings is 1. The molecule has 0 spiro atoms. The molecule has 1 aromatic rings. The van der Waals surface area contributed by atoms with E-state index in [0.29, 0.717) is 0 Å². The molecule has 31 heavy (non-hydrogen) atoms. The van der Waals surface area contributed by atoms with Crippen LogP contribution >= 0.6 is 11.6 Å². The molecule has 178 valence electrons. The number of nitrogens with two attached hydrogens (primary N) is 1. The largest absolute Gasteiger partial charge is 0.481 e. The smallest absolute Gasteiger partial charge is 0.402 e. The highest BCUT2D eigenvalue weighted by Gasteiger charge is 2.54. The zero-order valence-electron chi connectivity index (χ0n) is 20.5. The minimum atomic E-state index is -0.714. The second-order valence-corrected chi connectivity index (χ2v) is 8.18. The number of ether oxygens (including phenoxy) is 1. The maximum absolute atomic E-state index is 12.4. The van der Waals surface area contributed by atoms with Crippen LogP contribution in [0.5, 0.6) is 0 Å². The molecule has 6 nitrogen and oxygen atoms in total. The second-order valence-electron chi connectivity index (χ2n) is 8.18. The maximum Gasteiger partial charge on any atom is 0.481 e. The molecule has 0 radical (unpaired) electrons. The number of hydrogen-bond donors (Lipinski definition) is 2. The molecular weight excluding hydrogens is 415 g/mol. The SMILES string of the molecule is CC.CCl.COCC(N)C(=O)NC(CCCc1ccccc1)B1OC(C)(C)C(C)(C)O1. The molecule has 1 aliphatic heterocycles. The molecule has 1 saturated heterocycles. The van der Waals surface area contributed by atoms with E-state index in [1.165, 1.54) is 19.1 Å². The molecule has 0 bridgehead atoms. The quantitative estimate of drug-likeness (QED) is 0.434. The fourth-order valence-corrected chi connectivity index (χ4v) is 3.04. The number of methoxy groups -OCH3 is 1. The van der Waals surface area contributed by atoms with Gasteiger partial charge in [0.1, 0.15) is 6.04 Å². The van der Waals surface area contributed by atoms with Crippen LogP contribution in [-0.2, 0) is 25.3 Å². The van der Waals surface area contributed by atoms with Crippen molar-refractivity contribution in [2.45, 2.75) is 84.0 Å². The molecule has 2 atom stereocenters. The van der Waals surface area contributed by atoms with Crippen molar-refractivity contribution >= 4 is 24.6 Å². The van der Waals surface area contributed by atoms with Crippen LogP contribution in [0.15, 0.2) is 30.3 Å². The minimum Gasteiger partial charge on any atom is -0.402 e. The van der Waals surface area contributed by atoms with Gasteiger partial charge in [-0.05, 0) is 52.5 Å². The van der Waals surface area contributed by atoms with Crippen molar-refractivity contribution in [3.8, 4) is 0 Å². The van der Waals surface area contributed by atoms with Crippen molar-refractivity contribution < 1.29 is 18.8 Å². The van der Waals surface area contributed by atoms with Crippen LogP contribution in [0, 0.1) is 0 Å². The topological polar surface area (TPSA) is 82.8 Å². The fraction of sp³-hybridized carbons (Fsp3) is 0.696. The first-order valence-electron chi connectivity index (χ1n) is 11.0. The second kappa shape index (κ2) is 14.9. The highest BCUT2D eigenvalue weighted by Crippen LogP contribution is 2.38. The Kier molecular flexibility index (Phi) is 14.3. The van der Waals surface area contributed by atoms with Crippen molar-refractivity contribution in [3.63, 3.8) is 0 Å². The molecule has 2 rings (SSSR count). The van der Waals surface area contributed by atoms with E-state index in [0.717, 1.165) is 19.3 Å². The van der Waals surface area contributed by atoms with Crippen molar-refractivity contribution in [2.24, 2.45) is 5.73 Å². The predicted molar refractivity (Wildman–Crippen MR) is 130 cm³/mol. The average molecular weight is 457 g/mol. The van der Waals surface area contributed by atoms with Gasteiger partial charge in [-0.1, -0.05) is 44.2 Å². The third-order valence-electron chi connectivity index (χ3n) is 5.43. The molecule has 8 heteroatoms. The summed E-state index contributed by atoms with van der Waals surface area (Å²) < 4.78 is 17.3. The Morgan fingerprint density at radius 3 is 2.13 bits per heavy atom. The number of hydrogen-bond acceptors (Lipinski definition) is 5. The van der Waals surface area contributed by atoms with E-state index < -0.39 is 24.4 Å². The lowest BCUT2D eigenvalue weighted by Gasteiger charge is -2.32. The first-order valence-corrected chi connectivity index (χ1v) is 11.7. The normalized spacial score (nSPS) is 18.1. The number of aryl methyl sites for hydroxylation is 1. The number of halogens is 1. The van der Waals surface area contributed by atoms with Crippen molar-refractivity contribution in [1.29, 1.82) is 0 Å². The summed E-state index contributed by atoms with van der Waals surface area (Å²) in [7, 11) is 1.02. The Balaban J connectivity index is 0.00000212. The van der Waals surface area contributed by atoms with E-state index in [1.807, 2.05) is 59.7 Å². The van der Waals surface area contributed by atoms with Gasteiger partial charge in [0.2, 0.25) is 5.91 Å². The molecule has 0 aromatic heterocycles. The number of amides is 1. The summed E-state index contributed by atoms with van der Waals surface area (Å²) in [4.78, 5) is 12.4. The van der Waals surface area contributed by atoms with E-state index in [9.17, 15) is 4.79 Å². The molecular formula is C23H42BClN2O4. The summed E-state index contributed by atoms with van der Waals surface area (Å²) in [6.07, 6.45) is 4.03. The van der Waals surface area contributed by atoms with Crippen molar-refractivity contribution in [3.05, 3.63) is 35.9 Å². The average Bonchev–Trinajstić information content (AvgIpc) is 2.98. The van der Waals surface area contributed by atoms with Gasteiger partial charge in [0.25, 0.3) is 0 Å². The Bertz CT molecular complexity index is 601. The standard InChI is InChI=1S/C20H33BN2O4.C2H6.CH3Cl/c1-19(2)20(3,4)27-21(26-19)17(23-18(24)16(22)14-25-5)13-9-12-15-10-7-6-8-11-15;2*1-2/h6-8,10-11,16-17H,9,12-14,22H2,1-5H3,(H,23,24);1-2H3;1H3. The molecule has 0 saturated carbocycles. The number of carbonyl (C=O) groups is 1. The van der Waals surface area contributed by atoms with E-state index in [-0.39, 0.29) is 18.5 Å². The Morgan fingerprint density at radius 2 is 1.65 bits per heavy atom. The van der Waals surface area contributed by atoms with Crippen LogP contribution in [0.25, 0.3) is 0 Å². The van der Waals surface area contributed by atoms with Gasteiger partial charge in [0, 0.05) is 13.5 Å². The number of alkyl halides is 1. The molecule has 1 fully saturated rings. The predicted octanol–water partition coefficient (Wildman–Crippen LogP) is 3.98. The molecule has 1 aliphatic rings. The summed E-state index contributed by atoms with van der Waals surface area (Å²) in [6.45, 7) is 12.2. The molecule has 3 N–H and O–H groups in total. The lowest BCUT2D eigenvalue weighted by atomic mass is 9.75. The zero-order valence-corrected chi connectivity index (χ0v) is 21.3. The van der Waals surface area contributed by atoms with Crippen LogP contribution in [-0.4, -0.2) is 56.3 Å². The van der Waals surface area contributed by atoms with Gasteiger partial charge >= 0.3 is 7.12 Å². The fourth-order valence-electron chi connectivity index (χ4n) is 3.04. The van der Waals surface area contributed by atoms with Crippen LogP contribution in [0.3, 0.4) is 0 Å². The molecule has 2 unspecified atom stereocenters. The third kappa shape index (κ3) is 9.50. The van der Waals surface area contributed by atoms with Gasteiger partial charge in [-0.2, -0.15) is 0 Å². The summed E-state index contributed by atoms with van der Waals surface area (Å²) >= 11 is 4.64. The van der Waals surface area contributed by atoms with Gasteiger partial charge in [-0.25, -0.2) is 0 Å². The molecule has 1 amide bonds. The van der Waals surface area contributed by atoms with Crippen LogP contribution in [0.1, 0.15) is 59.9 Å². The summed E-state index contributed by atoms with van der Waals surface area (Å²) in [6, 6.07) is 9.58. The first-order chi connectivity index (χ1) is 14.7. The monoisotopic (exact) mass is 456 g/mol. The van der Waals surface area contributed by atoms with Crippen molar-refractivity contribution in [1.82, 2.24) is 5.32 Å². The Hall–Kier alpha value is -1.12. The Labute approximate surface area is 194 Å². The van der Waals surface area contributed by atoms with Gasteiger partial charge in [0.05, 0.1) is 23.8 Å². The lowest BCUT2D eigenvalue weighted by Crippen LogP contribution is -2.53. The third-order valence-corrected chi connectivity index (χ3v) is 5.43. The minimum absolute atomic E-state index is 0.173. The molecule has 0 aliphatic carbocycles. The van der Waals surface area contributed by atoms with Crippen molar-refractivity contribution in [2.75, 3.05) is 20.1 Å². The van der Waals surface area contributed by atoms with Crippen LogP contribution in [0.2, 0.25) is 0 Å². The van der Waals surface area contributed by atoms with Gasteiger partial charge in [0.15, 0.2) is 0 Å². The van der Waals surface area contributed by atoms with E-state index >= 15 is 0 Å². The Morgan fingerprint density at radius 1 is 1.13 bits per heavy atom. The summed E-state index contributed by atoms with van der Waals surface area (Å²) in [5, 5.41) is 3.01. The number of carbonyl (C=O) groups excluding carboxylic acids is 1. The summed E-state index contributed by atoms with van der Waals surface area (Å²) in [5.41, 5.74) is 6.25. The van der Waals surface area contributed by atoms with E-state index in [2.05, 4.69) is 29.1 Å². The zero-order chi connectivity index (χ0) is 24.1. The number of rotatable bonds is 9. The van der Waals surface area contributed by atoms with Crippen LogP contribution in [0.4, 0.5) is 0 Å². The lowest BCUT2D eigenvalue weighted by molar-refractivity contribution is -0.123. The molecule has 1 heterocycles. The maximum atomic E-state index is 12.4. The first kappa shape index (κ1) is 29.9. The van der Waals surface area contributed by atoms with Gasteiger partial charge < -0.3 is 25.1 Å². The van der Waals surface area contributed by atoms with E-state index in [4.69, 9.17) is 19.8 Å². The van der Waals surface area contributed by atoms with Gasteiger partial charge in [-0.15, -0.1) is 11.6 Å². The molecule has 1 aromatic carbocycles. The van der Waals surface area contributed by atoms with Crippen LogP contribution < -0.4 is 11.1 Å². The van der Waals surface area contributed by atoms with E-state index in [1.54, 1.807) is 0 Å². The highest BCUT2D eigenvalue weighted by molar-refractivity contribution is 6.48. The van der Waals surface area contributed by atoms with Gasteiger partial charge in [-0.3, -0.25) is 4.79 Å². The summed E-state index contributed by atoms with van der Waals surface area (Å²) in [5.74, 6) is -0.526. The number of nitrogens with one attached hydrogen (secondary N) is 1. The highest BCUT2D eigenvalue weighted by atomic mass is 35.5.